The Bertz CT molecular complexity index is 874. The number of hydrazone groups is 1. The monoisotopic (exact) mass is 331 g/mol. The fourth-order valence-corrected chi connectivity index (χ4v) is 2.85. The summed E-state index contributed by atoms with van der Waals surface area (Å²) < 4.78 is 1.92. The molecule has 2 aromatic rings. The lowest BCUT2D eigenvalue weighted by Gasteiger charge is -2.16. The lowest BCUT2D eigenvalue weighted by molar-refractivity contribution is -0.575. The van der Waals surface area contributed by atoms with Crippen molar-refractivity contribution in [3.8, 4) is 0 Å². The normalized spacial score (nSPS) is 16.2. The highest BCUT2D eigenvalue weighted by Gasteiger charge is 2.31. The van der Waals surface area contributed by atoms with E-state index in [1.54, 1.807) is 6.20 Å². The van der Waals surface area contributed by atoms with Gasteiger partial charge in [0.1, 0.15) is 17.6 Å². The van der Waals surface area contributed by atoms with E-state index in [0.29, 0.717) is 18.3 Å². The van der Waals surface area contributed by atoms with Crippen LogP contribution in [0.3, 0.4) is 0 Å². The van der Waals surface area contributed by atoms with Crippen LogP contribution in [0.4, 0.5) is 5.82 Å². The molecule has 0 radical (unpaired) electrons. The number of allylic oxidation sites excluding steroid dienone is 1. The van der Waals surface area contributed by atoms with Crippen molar-refractivity contribution in [1.29, 1.82) is 0 Å². The van der Waals surface area contributed by atoms with Crippen molar-refractivity contribution in [3.63, 3.8) is 0 Å². The van der Waals surface area contributed by atoms with Crippen LogP contribution in [0.5, 0.6) is 0 Å². The van der Waals surface area contributed by atoms with E-state index in [0.717, 1.165) is 16.7 Å². The highest BCUT2D eigenvalue weighted by atomic mass is 16.1. The molecule has 2 aliphatic rings. The number of rotatable bonds is 5. The van der Waals surface area contributed by atoms with Crippen LogP contribution in [0.1, 0.15) is 30.4 Å². The first-order valence-electron chi connectivity index (χ1n) is 8.55. The minimum atomic E-state index is -0.0733. The molecule has 1 amide bonds. The van der Waals surface area contributed by atoms with Crippen molar-refractivity contribution >= 4 is 29.4 Å². The lowest BCUT2D eigenvalue weighted by Crippen LogP contribution is -2.27. The van der Waals surface area contributed by atoms with Crippen LogP contribution in [0.15, 0.2) is 53.8 Å². The highest BCUT2D eigenvalue weighted by Crippen LogP contribution is 2.23. The maximum Gasteiger partial charge on any atom is 0.229 e. The number of nitrogens with one attached hydrogen (secondary N) is 1. The zero-order valence-corrected chi connectivity index (χ0v) is 13.9. The SMILES string of the molecule is O=C(Cc1ccccc1)Nc1ccc(C2=C=[N+](C3CCC3)N=C2)cn1. The predicted octanol–water partition coefficient (Wildman–Crippen LogP) is 2.88. The predicted molar refractivity (Wildman–Crippen MR) is 97.8 cm³/mol. The average molecular weight is 331 g/mol. The van der Waals surface area contributed by atoms with E-state index in [-0.39, 0.29) is 5.91 Å². The summed E-state index contributed by atoms with van der Waals surface area (Å²) in [5, 5.41) is 7.23. The van der Waals surface area contributed by atoms with E-state index < -0.39 is 0 Å². The quantitative estimate of drug-likeness (QED) is 0.857. The summed E-state index contributed by atoms with van der Waals surface area (Å²) in [6.45, 7) is 0. The smallest absolute Gasteiger partial charge is 0.229 e. The van der Waals surface area contributed by atoms with Crippen LogP contribution in [-0.4, -0.2) is 33.7 Å². The second-order valence-electron chi connectivity index (χ2n) is 6.34. The second kappa shape index (κ2) is 6.83. The van der Waals surface area contributed by atoms with Crippen LogP contribution in [0.25, 0.3) is 5.57 Å². The molecule has 1 aromatic heterocycles. The number of hydrogen-bond acceptors (Lipinski definition) is 3. The van der Waals surface area contributed by atoms with Crippen LogP contribution in [0, 0.1) is 0 Å². The largest absolute Gasteiger partial charge is 0.310 e. The van der Waals surface area contributed by atoms with Crippen molar-refractivity contribution in [1.82, 2.24) is 4.98 Å². The Hall–Kier alpha value is -3.04. The van der Waals surface area contributed by atoms with Gasteiger partial charge in [0, 0.05) is 29.7 Å². The number of hydrogen-bond donors (Lipinski definition) is 1. The van der Waals surface area contributed by atoms with Gasteiger partial charge in [0.25, 0.3) is 0 Å². The fraction of sp³-hybridized carbons (Fsp3) is 0.250. The van der Waals surface area contributed by atoms with Crippen molar-refractivity contribution in [2.24, 2.45) is 5.10 Å². The summed E-state index contributed by atoms with van der Waals surface area (Å²) in [6, 6.07) is 13.9. The average Bonchev–Trinajstić information content (AvgIpc) is 3.04. The molecule has 1 aromatic carbocycles. The Kier molecular flexibility index (Phi) is 4.23. The summed E-state index contributed by atoms with van der Waals surface area (Å²) in [6.07, 6.45) is 7.54. The molecule has 0 saturated heterocycles. The Morgan fingerprint density at radius 2 is 2.04 bits per heavy atom. The maximum absolute atomic E-state index is 12.1. The first kappa shape index (κ1) is 15.5. The van der Waals surface area contributed by atoms with Gasteiger partial charge in [0.15, 0.2) is 6.04 Å². The van der Waals surface area contributed by atoms with E-state index in [1.807, 2.05) is 53.4 Å². The molecule has 0 unspecified atom stereocenters. The molecule has 1 fully saturated rings. The number of anilines is 1. The minimum Gasteiger partial charge on any atom is -0.310 e. The van der Waals surface area contributed by atoms with Gasteiger partial charge < -0.3 is 5.32 Å². The number of nitrogens with zero attached hydrogens (tertiary/aromatic N) is 3. The number of amides is 1. The molecule has 0 spiro atoms. The number of carbonyl (C=O) groups excluding carboxylic acids is 1. The van der Waals surface area contributed by atoms with Crippen molar-refractivity contribution < 1.29 is 9.48 Å². The first-order valence-corrected chi connectivity index (χ1v) is 8.55. The van der Waals surface area contributed by atoms with E-state index in [4.69, 9.17) is 0 Å². The Labute approximate surface area is 146 Å². The molecule has 0 bridgehead atoms. The summed E-state index contributed by atoms with van der Waals surface area (Å²) in [5.41, 5.74) is 2.86. The van der Waals surface area contributed by atoms with E-state index in [9.17, 15) is 4.79 Å². The van der Waals surface area contributed by atoms with Gasteiger partial charge in [-0.1, -0.05) is 30.3 Å². The highest BCUT2D eigenvalue weighted by molar-refractivity contribution is 6.20. The van der Waals surface area contributed by atoms with Gasteiger partial charge in [-0.05, 0) is 28.8 Å². The molecule has 2 heterocycles. The first-order chi connectivity index (χ1) is 12.3. The summed E-state index contributed by atoms with van der Waals surface area (Å²) in [5.74, 6) is 3.78. The molecule has 1 aliphatic heterocycles. The number of pyridine rings is 1. The van der Waals surface area contributed by atoms with Crippen molar-refractivity contribution in [2.75, 3.05) is 5.32 Å². The van der Waals surface area contributed by atoms with Crippen LogP contribution >= 0.6 is 0 Å². The van der Waals surface area contributed by atoms with Crippen LogP contribution in [-0.2, 0) is 11.2 Å². The number of aromatic nitrogens is 1. The summed E-state index contributed by atoms with van der Waals surface area (Å²) in [4.78, 5) is 16.4. The molecular weight excluding hydrogens is 312 g/mol. The lowest BCUT2D eigenvalue weighted by atomic mass is 9.93. The van der Waals surface area contributed by atoms with Gasteiger partial charge >= 0.3 is 0 Å². The molecule has 0 atom stereocenters. The van der Waals surface area contributed by atoms with Gasteiger partial charge in [0.05, 0.1) is 6.42 Å². The molecule has 1 N–H and O–H groups in total. The summed E-state index contributed by atoms with van der Waals surface area (Å²) in [7, 11) is 0. The molecule has 5 nitrogen and oxygen atoms in total. The number of benzene rings is 1. The molecular formula is C20H19N4O+. The molecule has 25 heavy (non-hydrogen) atoms. The summed E-state index contributed by atoms with van der Waals surface area (Å²) >= 11 is 0. The molecule has 124 valence electrons. The second-order valence-corrected chi connectivity index (χ2v) is 6.34. The third-order valence-corrected chi connectivity index (χ3v) is 4.52. The van der Waals surface area contributed by atoms with Crippen LogP contribution < -0.4 is 5.32 Å². The third kappa shape index (κ3) is 3.57. The minimum absolute atomic E-state index is 0.0733. The zero-order chi connectivity index (χ0) is 17.1. The molecule has 1 aliphatic carbocycles. The Morgan fingerprint density at radius 3 is 2.72 bits per heavy atom. The fourth-order valence-electron chi connectivity index (χ4n) is 2.85. The van der Waals surface area contributed by atoms with Gasteiger partial charge in [-0.15, -0.1) is 0 Å². The van der Waals surface area contributed by atoms with Gasteiger partial charge in [-0.2, -0.15) is 0 Å². The van der Waals surface area contributed by atoms with E-state index in [1.165, 1.54) is 19.3 Å². The zero-order valence-electron chi connectivity index (χ0n) is 13.9. The topological polar surface area (TPSA) is 57.4 Å². The molecule has 5 heteroatoms. The van der Waals surface area contributed by atoms with Crippen molar-refractivity contribution in [2.45, 2.75) is 31.7 Å². The standard InChI is InChI=1S/C20H18N4O/c25-20(11-15-5-2-1-3-6-15)23-19-10-9-16(12-21-19)17-13-22-24(14-17)18-7-4-8-18/h1-3,5-6,9-10,12-13,18H,4,7-8,11H2/p+1. The molecule has 1 saturated carbocycles. The van der Waals surface area contributed by atoms with E-state index >= 15 is 0 Å². The van der Waals surface area contributed by atoms with E-state index in [2.05, 4.69) is 21.3 Å². The third-order valence-electron chi connectivity index (χ3n) is 4.52. The molecule has 4 rings (SSSR count). The number of carbonyl (C=O) groups is 1. The Morgan fingerprint density at radius 1 is 1.20 bits per heavy atom. The van der Waals surface area contributed by atoms with Crippen molar-refractivity contribution in [3.05, 3.63) is 59.8 Å². The van der Waals surface area contributed by atoms with Gasteiger partial charge in [-0.25, -0.2) is 4.98 Å². The van der Waals surface area contributed by atoms with Gasteiger partial charge in [0.2, 0.25) is 11.8 Å². The Balaban J connectivity index is 1.41. The van der Waals surface area contributed by atoms with Gasteiger partial charge in [-0.3, -0.25) is 4.79 Å². The van der Waals surface area contributed by atoms with Crippen LogP contribution in [0.2, 0.25) is 0 Å². The maximum atomic E-state index is 12.1.